The maximum absolute atomic E-state index is 6.00. The Morgan fingerprint density at radius 2 is 1.65 bits per heavy atom. The molecule has 0 spiro atoms. The number of hydrogen-bond donors (Lipinski definition) is 0. The molecule has 2 aromatic carbocycles. The monoisotopic (exact) mass is 279 g/mol. The van der Waals surface area contributed by atoms with Crippen molar-refractivity contribution in [3.05, 3.63) is 65.9 Å². The van der Waals surface area contributed by atoms with Crippen molar-refractivity contribution in [2.24, 2.45) is 0 Å². The molecule has 0 aliphatic heterocycles. The van der Waals surface area contributed by atoms with Crippen molar-refractivity contribution in [2.45, 2.75) is 0 Å². The Hall–Kier alpha value is -2.32. The highest BCUT2D eigenvalue weighted by Gasteiger charge is 2.12. The number of halogens is 1. The van der Waals surface area contributed by atoms with Crippen molar-refractivity contribution in [3.8, 4) is 11.1 Å². The fourth-order valence-electron chi connectivity index (χ4n) is 2.47. The van der Waals surface area contributed by atoms with Crippen molar-refractivity contribution < 1.29 is 4.42 Å². The molecular weight excluding hydrogens is 270 g/mol. The molecular formula is C17H10ClNO. The van der Waals surface area contributed by atoms with E-state index in [-0.39, 0.29) is 0 Å². The van der Waals surface area contributed by atoms with Gasteiger partial charge in [0.05, 0.1) is 0 Å². The number of benzene rings is 2. The molecule has 0 N–H and O–H groups in total. The predicted molar refractivity (Wildman–Crippen MR) is 82.0 cm³/mol. The van der Waals surface area contributed by atoms with Crippen LogP contribution in [0.5, 0.6) is 0 Å². The number of furan rings is 1. The molecule has 0 aliphatic rings. The van der Waals surface area contributed by atoms with Crippen LogP contribution in [0.3, 0.4) is 0 Å². The molecule has 0 bridgehead atoms. The Kier molecular flexibility index (Phi) is 2.51. The summed E-state index contributed by atoms with van der Waals surface area (Å²) in [4.78, 5) is 4.34. The molecule has 0 amide bonds. The summed E-state index contributed by atoms with van der Waals surface area (Å²) in [6.07, 6.45) is 3.68. The van der Waals surface area contributed by atoms with Gasteiger partial charge in [-0.15, -0.1) is 0 Å². The smallest absolute Gasteiger partial charge is 0.146 e. The van der Waals surface area contributed by atoms with Crippen LogP contribution in [0.2, 0.25) is 5.02 Å². The number of aromatic nitrogens is 1. The van der Waals surface area contributed by atoms with E-state index in [4.69, 9.17) is 16.0 Å². The zero-order chi connectivity index (χ0) is 13.5. The first-order chi connectivity index (χ1) is 9.83. The maximum Gasteiger partial charge on any atom is 0.146 e. The summed E-state index contributed by atoms with van der Waals surface area (Å²) in [7, 11) is 0. The second-order valence-electron chi connectivity index (χ2n) is 4.67. The molecule has 0 unspecified atom stereocenters. The molecule has 0 fully saturated rings. The van der Waals surface area contributed by atoms with Crippen LogP contribution in [0.25, 0.3) is 33.1 Å². The lowest BCUT2D eigenvalue weighted by Gasteiger charge is -2.01. The minimum absolute atomic E-state index is 0.721. The topological polar surface area (TPSA) is 26.0 Å². The van der Waals surface area contributed by atoms with Crippen LogP contribution in [-0.4, -0.2) is 4.98 Å². The number of fused-ring (bicyclic) bond motifs is 3. The van der Waals surface area contributed by atoms with Crippen LogP contribution in [0.4, 0.5) is 0 Å². The lowest BCUT2D eigenvalue weighted by molar-refractivity contribution is 0.669. The van der Waals surface area contributed by atoms with Crippen molar-refractivity contribution in [3.63, 3.8) is 0 Å². The third-order valence-corrected chi connectivity index (χ3v) is 3.69. The number of pyridine rings is 1. The summed E-state index contributed by atoms with van der Waals surface area (Å²) in [5.41, 5.74) is 3.77. The SMILES string of the molecule is Clc1ccc(-c2cncc3c2oc2ccccc23)cc1. The van der Waals surface area contributed by atoms with Crippen molar-refractivity contribution >= 4 is 33.5 Å². The molecule has 0 saturated heterocycles. The molecule has 0 aliphatic carbocycles. The van der Waals surface area contributed by atoms with Crippen molar-refractivity contribution in [2.75, 3.05) is 0 Å². The normalized spacial score (nSPS) is 11.2. The highest BCUT2D eigenvalue weighted by molar-refractivity contribution is 6.30. The highest BCUT2D eigenvalue weighted by Crippen LogP contribution is 2.34. The molecule has 3 heteroatoms. The predicted octanol–water partition coefficient (Wildman–Crippen LogP) is 5.30. The Labute approximate surface area is 120 Å². The van der Waals surface area contributed by atoms with Crippen molar-refractivity contribution in [1.82, 2.24) is 4.98 Å². The van der Waals surface area contributed by atoms with Crippen LogP contribution in [0, 0.1) is 0 Å². The standard InChI is InChI=1S/C17H10ClNO/c18-12-7-5-11(6-8-12)14-9-19-10-15-13-3-1-2-4-16(13)20-17(14)15/h1-10H. The fraction of sp³-hybridized carbons (Fsp3) is 0. The summed E-state index contributed by atoms with van der Waals surface area (Å²) < 4.78 is 6.00. The summed E-state index contributed by atoms with van der Waals surface area (Å²) >= 11 is 5.94. The van der Waals surface area contributed by atoms with E-state index in [1.54, 1.807) is 0 Å². The molecule has 20 heavy (non-hydrogen) atoms. The maximum atomic E-state index is 6.00. The van der Waals surface area contributed by atoms with Gasteiger partial charge in [-0.1, -0.05) is 41.9 Å². The van der Waals surface area contributed by atoms with Gasteiger partial charge in [0, 0.05) is 33.8 Å². The van der Waals surface area contributed by atoms with Crippen LogP contribution in [0.15, 0.2) is 65.3 Å². The van der Waals surface area contributed by atoms with Crippen LogP contribution >= 0.6 is 11.6 Å². The van der Waals surface area contributed by atoms with Crippen LogP contribution < -0.4 is 0 Å². The molecule has 2 aromatic heterocycles. The average Bonchev–Trinajstić information content (AvgIpc) is 2.87. The lowest BCUT2D eigenvalue weighted by Crippen LogP contribution is -1.81. The summed E-state index contributed by atoms with van der Waals surface area (Å²) in [5.74, 6) is 0. The van der Waals surface area contributed by atoms with E-state index in [1.807, 2.05) is 54.9 Å². The van der Waals surface area contributed by atoms with Gasteiger partial charge in [-0.3, -0.25) is 4.98 Å². The minimum atomic E-state index is 0.721. The minimum Gasteiger partial charge on any atom is -0.455 e. The Morgan fingerprint density at radius 3 is 2.50 bits per heavy atom. The number of rotatable bonds is 1. The summed E-state index contributed by atoms with van der Waals surface area (Å²) in [5, 5.41) is 2.84. The second kappa shape index (κ2) is 4.36. The first-order valence-corrected chi connectivity index (χ1v) is 6.72. The van der Waals surface area contributed by atoms with Gasteiger partial charge >= 0.3 is 0 Å². The second-order valence-corrected chi connectivity index (χ2v) is 5.11. The van der Waals surface area contributed by atoms with E-state index in [0.717, 1.165) is 38.1 Å². The molecule has 4 aromatic rings. The molecule has 2 heterocycles. The van der Waals surface area contributed by atoms with Gasteiger partial charge in [0.25, 0.3) is 0 Å². The third-order valence-electron chi connectivity index (χ3n) is 3.44. The van der Waals surface area contributed by atoms with E-state index in [0.29, 0.717) is 0 Å². The van der Waals surface area contributed by atoms with E-state index in [9.17, 15) is 0 Å². The Balaban J connectivity index is 2.07. The molecule has 96 valence electrons. The highest BCUT2D eigenvalue weighted by atomic mass is 35.5. The van der Waals surface area contributed by atoms with E-state index in [2.05, 4.69) is 11.1 Å². The Morgan fingerprint density at radius 1 is 0.850 bits per heavy atom. The van der Waals surface area contributed by atoms with E-state index < -0.39 is 0 Å². The van der Waals surface area contributed by atoms with Gasteiger partial charge in [-0.2, -0.15) is 0 Å². The van der Waals surface area contributed by atoms with E-state index in [1.165, 1.54) is 0 Å². The van der Waals surface area contributed by atoms with Gasteiger partial charge in [0.2, 0.25) is 0 Å². The van der Waals surface area contributed by atoms with E-state index >= 15 is 0 Å². The number of nitrogens with zero attached hydrogens (tertiary/aromatic N) is 1. The average molecular weight is 280 g/mol. The zero-order valence-corrected chi connectivity index (χ0v) is 11.3. The third kappa shape index (κ3) is 1.69. The largest absolute Gasteiger partial charge is 0.455 e. The van der Waals surface area contributed by atoms with Gasteiger partial charge in [0.15, 0.2) is 0 Å². The van der Waals surface area contributed by atoms with Gasteiger partial charge in [-0.05, 0) is 23.8 Å². The van der Waals surface area contributed by atoms with Crippen LogP contribution in [-0.2, 0) is 0 Å². The zero-order valence-electron chi connectivity index (χ0n) is 10.5. The molecule has 0 radical (unpaired) electrons. The quantitative estimate of drug-likeness (QED) is 0.472. The molecule has 4 rings (SSSR count). The number of hydrogen-bond acceptors (Lipinski definition) is 2. The Bertz CT molecular complexity index is 909. The number of para-hydroxylation sites is 1. The van der Waals surface area contributed by atoms with Crippen LogP contribution in [0.1, 0.15) is 0 Å². The van der Waals surface area contributed by atoms with Gasteiger partial charge in [0.1, 0.15) is 11.2 Å². The molecule has 0 saturated carbocycles. The molecule has 2 nitrogen and oxygen atoms in total. The molecule has 0 atom stereocenters. The van der Waals surface area contributed by atoms with Gasteiger partial charge < -0.3 is 4.42 Å². The van der Waals surface area contributed by atoms with Gasteiger partial charge in [-0.25, -0.2) is 0 Å². The first kappa shape index (κ1) is 11.5. The summed E-state index contributed by atoms with van der Waals surface area (Å²) in [6, 6.07) is 15.7. The summed E-state index contributed by atoms with van der Waals surface area (Å²) in [6.45, 7) is 0. The first-order valence-electron chi connectivity index (χ1n) is 6.34. The van der Waals surface area contributed by atoms with Crippen molar-refractivity contribution in [1.29, 1.82) is 0 Å². The lowest BCUT2D eigenvalue weighted by atomic mass is 10.1. The fourth-order valence-corrected chi connectivity index (χ4v) is 2.60.